The number of rotatable bonds is 8. The van der Waals surface area contributed by atoms with E-state index in [1.54, 1.807) is 6.26 Å². The molecule has 0 fully saturated rings. The molecule has 2 rings (SSSR count). The average molecular weight is 361 g/mol. The van der Waals surface area contributed by atoms with Gasteiger partial charge < -0.3 is 14.3 Å². The minimum Gasteiger partial charge on any atom is -0.490 e. The zero-order chi connectivity index (χ0) is 19.6. The van der Waals surface area contributed by atoms with E-state index in [2.05, 4.69) is 32.9 Å². The van der Waals surface area contributed by atoms with Crippen molar-refractivity contribution < 1.29 is 14.3 Å². The molecule has 1 N–H and O–H groups in total. The van der Waals surface area contributed by atoms with Gasteiger partial charge in [0.1, 0.15) is 18.1 Å². The molecule has 0 spiro atoms. The molecule has 0 amide bonds. The predicted molar refractivity (Wildman–Crippen MR) is 109 cm³/mol. The number of aryl methyl sites for hydroxylation is 1. The Hall–Kier alpha value is -1.74. The van der Waals surface area contributed by atoms with Gasteiger partial charge in [-0.2, -0.15) is 0 Å². The lowest BCUT2D eigenvalue weighted by molar-refractivity contribution is -0.0115. The standard InChI is InChI=1S/C20H28O3.C3H8/c1-5-17(19-9-8-12-22-19)16-10-11-18(15(4)13-16)23-14-20(21,6-2)7-3;1-3-2/h8-13,17,21H,5-7,14H2,1-4H3;3H2,1-2H3. The van der Waals surface area contributed by atoms with Crippen LogP contribution < -0.4 is 4.74 Å². The van der Waals surface area contributed by atoms with Crippen LogP contribution in [0.2, 0.25) is 0 Å². The van der Waals surface area contributed by atoms with E-state index in [1.165, 1.54) is 12.0 Å². The van der Waals surface area contributed by atoms with E-state index in [0.29, 0.717) is 19.4 Å². The smallest absolute Gasteiger partial charge is 0.122 e. The van der Waals surface area contributed by atoms with Crippen LogP contribution in [0.4, 0.5) is 0 Å². The van der Waals surface area contributed by atoms with Gasteiger partial charge >= 0.3 is 0 Å². The van der Waals surface area contributed by atoms with Crippen molar-refractivity contribution >= 4 is 0 Å². The maximum Gasteiger partial charge on any atom is 0.122 e. The second-order valence-electron chi connectivity index (χ2n) is 6.93. The van der Waals surface area contributed by atoms with E-state index in [0.717, 1.165) is 23.5 Å². The quantitative estimate of drug-likeness (QED) is 0.586. The van der Waals surface area contributed by atoms with Gasteiger partial charge in [-0.15, -0.1) is 0 Å². The monoisotopic (exact) mass is 360 g/mol. The molecule has 1 unspecified atom stereocenters. The van der Waals surface area contributed by atoms with E-state index >= 15 is 0 Å². The van der Waals surface area contributed by atoms with Crippen molar-refractivity contribution in [2.24, 2.45) is 0 Å². The Morgan fingerprint density at radius 3 is 2.19 bits per heavy atom. The van der Waals surface area contributed by atoms with Gasteiger partial charge in [0.2, 0.25) is 0 Å². The first kappa shape index (κ1) is 22.3. The Labute approximate surface area is 159 Å². The van der Waals surface area contributed by atoms with E-state index in [4.69, 9.17) is 9.15 Å². The summed E-state index contributed by atoms with van der Waals surface area (Å²) < 4.78 is 11.4. The van der Waals surface area contributed by atoms with Crippen molar-refractivity contribution in [3.8, 4) is 5.75 Å². The lowest BCUT2D eigenvalue weighted by Gasteiger charge is -2.25. The van der Waals surface area contributed by atoms with E-state index < -0.39 is 5.60 Å². The van der Waals surface area contributed by atoms with Crippen LogP contribution in [0, 0.1) is 6.92 Å². The van der Waals surface area contributed by atoms with Gasteiger partial charge in [-0.1, -0.05) is 53.2 Å². The predicted octanol–water partition coefficient (Wildman–Crippen LogP) is 6.48. The molecule has 1 heterocycles. The maximum absolute atomic E-state index is 10.3. The third-order valence-corrected chi connectivity index (χ3v) is 4.71. The van der Waals surface area contributed by atoms with Crippen LogP contribution in [0.25, 0.3) is 0 Å². The summed E-state index contributed by atoms with van der Waals surface area (Å²) in [5.74, 6) is 2.09. The van der Waals surface area contributed by atoms with Crippen LogP contribution in [0.15, 0.2) is 41.0 Å². The highest BCUT2D eigenvalue weighted by Crippen LogP contribution is 2.31. The zero-order valence-corrected chi connectivity index (χ0v) is 17.3. The maximum atomic E-state index is 10.3. The number of hydrogen-bond donors (Lipinski definition) is 1. The van der Waals surface area contributed by atoms with Crippen molar-refractivity contribution in [2.45, 2.75) is 78.7 Å². The summed E-state index contributed by atoms with van der Waals surface area (Å²) in [6.07, 6.45) is 5.34. The van der Waals surface area contributed by atoms with Crippen molar-refractivity contribution in [3.63, 3.8) is 0 Å². The van der Waals surface area contributed by atoms with E-state index in [1.807, 2.05) is 39.0 Å². The summed E-state index contributed by atoms with van der Waals surface area (Å²) in [5.41, 5.74) is 1.57. The highest BCUT2D eigenvalue weighted by molar-refractivity contribution is 5.39. The summed E-state index contributed by atoms with van der Waals surface area (Å²) in [7, 11) is 0. The SMILES string of the molecule is CCC.CCC(c1ccc(OCC(O)(CC)CC)c(C)c1)c1ccco1. The third-order valence-electron chi connectivity index (χ3n) is 4.71. The second-order valence-corrected chi connectivity index (χ2v) is 6.93. The summed E-state index contributed by atoms with van der Waals surface area (Å²) in [6, 6.07) is 10.2. The molecule has 0 aliphatic rings. The van der Waals surface area contributed by atoms with Crippen LogP contribution in [-0.4, -0.2) is 17.3 Å². The minimum absolute atomic E-state index is 0.265. The fraction of sp³-hybridized carbons (Fsp3) is 0.565. The van der Waals surface area contributed by atoms with Crippen LogP contribution in [-0.2, 0) is 0 Å². The zero-order valence-electron chi connectivity index (χ0n) is 17.3. The molecule has 0 aliphatic carbocycles. The van der Waals surface area contributed by atoms with Crippen molar-refractivity contribution in [1.82, 2.24) is 0 Å². The molecule has 1 aromatic carbocycles. The number of ether oxygens (including phenoxy) is 1. The molecule has 1 atom stereocenters. The Kier molecular flexibility index (Phi) is 9.50. The molecule has 0 saturated heterocycles. The summed E-state index contributed by atoms with van der Waals surface area (Å²) in [5, 5.41) is 10.3. The van der Waals surface area contributed by atoms with Gasteiger partial charge in [0.25, 0.3) is 0 Å². The molecule has 0 aliphatic heterocycles. The number of hydrogen-bond acceptors (Lipinski definition) is 3. The molecule has 3 heteroatoms. The van der Waals surface area contributed by atoms with E-state index in [9.17, 15) is 5.11 Å². The highest BCUT2D eigenvalue weighted by Gasteiger charge is 2.23. The molecule has 2 aromatic rings. The topological polar surface area (TPSA) is 42.6 Å². The summed E-state index contributed by atoms with van der Waals surface area (Å²) >= 11 is 0. The molecule has 1 aromatic heterocycles. The lowest BCUT2D eigenvalue weighted by Crippen LogP contribution is -2.34. The fourth-order valence-electron chi connectivity index (χ4n) is 2.81. The minimum atomic E-state index is -0.745. The van der Waals surface area contributed by atoms with Gasteiger partial charge in [-0.3, -0.25) is 0 Å². The van der Waals surface area contributed by atoms with Crippen molar-refractivity contribution in [3.05, 3.63) is 53.5 Å². The molecular weight excluding hydrogens is 324 g/mol. The largest absolute Gasteiger partial charge is 0.490 e. The number of furan rings is 1. The fourth-order valence-corrected chi connectivity index (χ4v) is 2.81. The molecule has 0 radical (unpaired) electrons. The van der Waals surface area contributed by atoms with Gasteiger partial charge in [0.05, 0.1) is 11.9 Å². The van der Waals surface area contributed by atoms with Crippen LogP contribution in [0.1, 0.15) is 83.1 Å². The van der Waals surface area contributed by atoms with E-state index in [-0.39, 0.29) is 5.92 Å². The van der Waals surface area contributed by atoms with Gasteiger partial charge in [-0.05, 0) is 55.5 Å². The third kappa shape index (κ3) is 6.21. The number of benzene rings is 1. The Morgan fingerprint density at radius 2 is 1.73 bits per heavy atom. The summed E-state index contributed by atoms with van der Waals surface area (Å²) in [4.78, 5) is 0. The second kappa shape index (κ2) is 11.1. The van der Waals surface area contributed by atoms with Gasteiger partial charge in [-0.25, -0.2) is 0 Å². The van der Waals surface area contributed by atoms with Crippen LogP contribution >= 0.6 is 0 Å². The Bertz CT molecular complexity index is 612. The normalized spacial score (nSPS) is 12.3. The molecule has 0 bridgehead atoms. The van der Waals surface area contributed by atoms with Crippen molar-refractivity contribution in [2.75, 3.05) is 6.61 Å². The lowest BCUT2D eigenvalue weighted by atomic mass is 9.92. The van der Waals surface area contributed by atoms with Crippen molar-refractivity contribution in [1.29, 1.82) is 0 Å². The molecule has 26 heavy (non-hydrogen) atoms. The first-order chi connectivity index (χ1) is 12.4. The molecule has 0 saturated carbocycles. The molecular formula is C23H36O3. The Balaban J connectivity index is 0.00000105. The van der Waals surface area contributed by atoms with Gasteiger partial charge in [0, 0.05) is 5.92 Å². The van der Waals surface area contributed by atoms with Crippen LogP contribution in [0.5, 0.6) is 5.75 Å². The average Bonchev–Trinajstić information content (AvgIpc) is 3.16. The molecule has 146 valence electrons. The first-order valence-corrected chi connectivity index (χ1v) is 9.93. The van der Waals surface area contributed by atoms with Gasteiger partial charge in [0.15, 0.2) is 0 Å². The Morgan fingerprint density at radius 1 is 1.08 bits per heavy atom. The number of aliphatic hydroxyl groups is 1. The first-order valence-electron chi connectivity index (χ1n) is 9.93. The molecule has 3 nitrogen and oxygen atoms in total. The highest BCUT2D eigenvalue weighted by atomic mass is 16.5. The van der Waals surface area contributed by atoms with Crippen LogP contribution in [0.3, 0.4) is 0 Å². The summed E-state index contributed by atoms with van der Waals surface area (Å²) in [6.45, 7) is 12.8.